The number of aromatic nitrogens is 2. The Bertz CT molecular complexity index is 282. The van der Waals surface area contributed by atoms with Gasteiger partial charge in [-0.2, -0.15) is 0 Å². The topological polar surface area (TPSA) is 37.8 Å². The van der Waals surface area contributed by atoms with E-state index in [1.54, 1.807) is 12.4 Å². The van der Waals surface area contributed by atoms with Crippen LogP contribution in [0.5, 0.6) is 0 Å². The van der Waals surface area contributed by atoms with Crippen LogP contribution in [0.25, 0.3) is 0 Å². The fraction of sp³-hybridized carbons (Fsp3) is 0.455. The largest absolute Gasteiger partial charge is 0.304 e. The van der Waals surface area contributed by atoms with Crippen molar-refractivity contribution in [3.63, 3.8) is 0 Å². The Labute approximate surface area is 85.3 Å². The highest BCUT2D eigenvalue weighted by molar-refractivity contribution is 5.11. The number of nitrogens with one attached hydrogen (secondary N) is 1. The van der Waals surface area contributed by atoms with Gasteiger partial charge < -0.3 is 5.32 Å². The van der Waals surface area contributed by atoms with Gasteiger partial charge in [0.15, 0.2) is 0 Å². The summed E-state index contributed by atoms with van der Waals surface area (Å²) < 4.78 is 0. The maximum absolute atomic E-state index is 4.22. The van der Waals surface area contributed by atoms with Crippen molar-refractivity contribution in [2.45, 2.75) is 26.3 Å². The molecule has 0 bridgehead atoms. The summed E-state index contributed by atoms with van der Waals surface area (Å²) in [7, 11) is 0. The molecule has 1 aromatic rings. The lowest BCUT2D eigenvalue weighted by Gasteiger charge is -2.16. The molecule has 1 aromatic heterocycles. The summed E-state index contributed by atoms with van der Waals surface area (Å²) in [6, 6.07) is 1.90. The molecule has 76 valence electrons. The van der Waals surface area contributed by atoms with Crippen molar-refractivity contribution >= 4 is 0 Å². The molecule has 3 nitrogen and oxygen atoms in total. The maximum atomic E-state index is 4.22. The fourth-order valence-corrected chi connectivity index (χ4v) is 1.23. The van der Waals surface area contributed by atoms with Crippen LogP contribution >= 0.6 is 0 Å². The third-order valence-electron chi connectivity index (χ3n) is 1.94. The first-order valence-corrected chi connectivity index (χ1v) is 4.91. The van der Waals surface area contributed by atoms with E-state index < -0.39 is 0 Å². The standard InChI is InChI=1S/C11H17N3/c1-4-6-12-10(9(2)3)11-13-7-5-8-14-11/h5,7-8,10,12H,2,4,6H2,1,3H3. The Kier molecular flexibility index (Phi) is 4.26. The van der Waals surface area contributed by atoms with E-state index in [4.69, 9.17) is 0 Å². The molecule has 0 radical (unpaired) electrons. The summed E-state index contributed by atoms with van der Waals surface area (Å²) in [5, 5.41) is 3.36. The van der Waals surface area contributed by atoms with E-state index >= 15 is 0 Å². The Balaban J connectivity index is 2.73. The third kappa shape index (κ3) is 2.92. The fourth-order valence-electron chi connectivity index (χ4n) is 1.23. The van der Waals surface area contributed by atoms with Crippen molar-refractivity contribution in [1.82, 2.24) is 15.3 Å². The first kappa shape index (κ1) is 10.9. The molecule has 0 spiro atoms. The summed E-state index contributed by atoms with van der Waals surface area (Å²) in [6.07, 6.45) is 4.61. The Hall–Kier alpha value is -1.22. The molecule has 0 saturated carbocycles. The zero-order chi connectivity index (χ0) is 10.4. The predicted molar refractivity (Wildman–Crippen MR) is 57.9 cm³/mol. The predicted octanol–water partition coefficient (Wildman–Crippen LogP) is 2.09. The molecule has 1 heterocycles. The second-order valence-electron chi connectivity index (χ2n) is 3.34. The molecule has 1 rings (SSSR count). The van der Waals surface area contributed by atoms with Crippen molar-refractivity contribution in [2.24, 2.45) is 0 Å². The molecule has 1 atom stereocenters. The van der Waals surface area contributed by atoms with E-state index in [0.29, 0.717) is 0 Å². The molecular weight excluding hydrogens is 174 g/mol. The van der Waals surface area contributed by atoms with Gasteiger partial charge in [0, 0.05) is 12.4 Å². The van der Waals surface area contributed by atoms with Crippen molar-refractivity contribution in [2.75, 3.05) is 6.54 Å². The van der Waals surface area contributed by atoms with Gasteiger partial charge >= 0.3 is 0 Å². The molecule has 14 heavy (non-hydrogen) atoms. The van der Waals surface area contributed by atoms with Crippen LogP contribution in [0.2, 0.25) is 0 Å². The van der Waals surface area contributed by atoms with E-state index in [9.17, 15) is 0 Å². The van der Waals surface area contributed by atoms with Crippen molar-refractivity contribution < 1.29 is 0 Å². The van der Waals surface area contributed by atoms with Crippen LogP contribution in [-0.4, -0.2) is 16.5 Å². The van der Waals surface area contributed by atoms with Gasteiger partial charge in [0.2, 0.25) is 0 Å². The lowest BCUT2D eigenvalue weighted by atomic mass is 10.1. The van der Waals surface area contributed by atoms with Crippen LogP contribution < -0.4 is 5.32 Å². The molecule has 0 amide bonds. The first-order chi connectivity index (χ1) is 6.75. The second-order valence-corrected chi connectivity index (χ2v) is 3.34. The summed E-state index contributed by atoms with van der Waals surface area (Å²) in [5.74, 6) is 0.799. The zero-order valence-electron chi connectivity index (χ0n) is 8.83. The molecule has 1 unspecified atom stereocenters. The van der Waals surface area contributed by atoms with Crippen LogP contribution in [0.3, 0.4) is 0 Å². The molecule has 3 heteroatoms. The lowest BCUT2D eigenvalue weighted by Crippen LogP contribution is -2.24. The van der Waals surface area contributed by atoms with E-state index in [0.717, 1.165) is 24.4 Å². The molecule has 0 aliphatic carbocycles. The smallest absolute Gasteiger partial charge is 0.149 e. The molecule has 0 aromatic carbocycles. The summed E-state index contributed by atoms with van der Waals surface area (Å²) in [4.78, 5) is 8.44. The first-order valence-electron chi connectivity index (χ1n) is 4.91. The normalized spacial score (nSPS) is 12.4. The Morgan fingerprint density at radius 3 is 2.64 bits per heavy atom. The zero-order valence-corrected chi connectivity index (χ0v) is 8.83. The van der Waals surface area contributed by atoms with Crippen molar-refractivity contribution in [1.29, 1.82) is 0 Å². The molecular formula is C11H17N3. The molecule has 1 N–H and O–H groups in total. The highest BCUT2D eigenvalue weighted by Crippen LogP contribution is 2.14. The monoisotopic (exact) mass is 191 g/mol. The van der Waals surface area contributed by atoms with E-state index in [1.807, 2.05) is 13.0 Å². The average molecular weight is 191 g/mol. The van der Waals surface area contributed by atoms with Gasteiger partial charge in [-0.3, -0.25) is 0 Å². The average Bonchev–Trinajstić information content (AvgIpc) is 2.19. The summed E-state index contributed by atoms with van der Waals surface area (Å²) >= 11 is 0. The van der Waals surface area contributed by atoms with Crippen molar-refractivity contribution in [3.05, 3.63) is 36.4 Å². The maximum Gasteiger partial charge on any atom is 0.149 e. The van der Waals surface area contributed by atoms with Gasteiger partial charge in [0.1, 0.15) is 5.82 Å². The number of rotatable bonds is 5. The van der Waals surface area contributed by atoms with Gasteiger partial charge in [0.05, 0.1) is 6.04 Å². The minimum absolute atomic E-state index is 0.0798. The quantitative estimate of drug-likeness (QED) is 0.724. The van der Waals surface area contributed by atoms with E-state index in [-0.39, 0.29) is 6.04 Å². The Morgan fingerprint density at radius 2 is 2.14 bits per heavy atom. The van der Waals surface area contributed by atoms with Crippen LogP contribution in [0.1, 0.15) is 32.1 Å². The second kappa shape index (κ2) is 5.50. The number of nitrogens with zero attached hydrogens (tertiary/aromatic N) is 2. The summed E-state index contributed by atoms with van der Waals surface area (Å²) in [5.41, 5.74) is 1.05. The van der Waals surface area contributed by atoms with Gasteiger partial charge in [-0.1, -0.05) is 19.1 Å². The van der Waals surface area contributed by atoms with Gasteiger partial charge in [0.25, 0.3) is 0 Å². The minimum Gasteiger partial charge on any atom is -0.304 e. The van der Waals surface area contributed by atoms with Gasteiger partial charge in [-0.15, -0.1) is 0 Å². The van der Waals surface area contributed by atoms with Crippen LogP contribution in [0, 0.1) is 0 Å². The summed E-state index contributed by atoms with van der Waals surface area (Å²) in [6.45, 7) is 9.02. The van der Waals surface area contributed by atoms with Gasteiger partial charge in [-0.05, 0) is 26.0 Å². The molecule has 0 saturated heterocycles. The van der Waals surface area contributed by atoms with Gasteiger partial charge in [-0.25, -0.2) is 9.97 Å². The highest BCUT2D eigenvalue weighted by atomic mass is 15.0. The van der Waals surface area contributed by atoms with E-state index in [2.05, 4.69) is 28.8 Å². The molecule has 0 fully saturated rings. The van der Waals surface area contributed by atoms with Crippen LogP contribution in [-0.2, 0) is 0 Å². The highest BCUT2D eigenvalue weighted by Gasteiger charge is 2.12. The van der Waals surface area contributed by atoms with Crippen molar-refractivity contribution in [3.8, 4) is 0 Å². The molecule has 0 aliphatic heterocycles. The third-order valence-corrected chi connectivity index (χ3v) is 1.94. The van der Waals surface area contributed by atoms with Crippen LogP contribution in [0.15, 0.2) is 30.6 Å². The molecule has 0 aliphatic rings. The minimum atomic E-state index is 0.0798. The SMILES string of the molecule is C=C(C)C(NCCC)c1ncccn1. The number of hydrogen-bond acceptors (Lipinski definition) is 3. The lowest BCUT2D eigenvalue weighted by molar-refractivity contribution is 0.564. The van der Waals surface area contributed by atoms with Crippen LogP contribution in [0.4, 0.5) is 0 Å². The number of hydrogen-bond donors (Lipinski definition) is 1. The Morgan fingerprint density at radius 1 is 1.50 bits per heavy atom. The van der Waals surface area contributed by atoms with E-state index in [1.165, 1.54) is 0 Å².